The summed E-state index contributed by atoms with van der Waals surface area (Å²) in [5, 5.41) is 9.24. The molecule has 0 aromatic carbocycles. The first kappa shape index (κ1) is 8.77. The lowest BCUT2D eigenvalue weighted by atomic mass is 9.88. The third-order valence-electron chi connectivity index (χ3n) is 1.89. The number of amides is 1. The summed E-state index contributed by atoms with van der Waals surface area (Å²) in [5.41, 5.74) is 4.70. The second-order valence-corrected chi connectivity index (χ2v) is 3.12. The Hall–Kier alpha value is -1.32. The topological polar surface area (TPSA) is 80.4 Å². The van der Waals surface area contributed by atoms with Crippen LogP contribution in [0, 0.1) is 5.92 Å². The SMILES string of the molecule is CC1CC(=O)C(C(N)=O)=C(O)C1. The maximum Gasteiger partial charge on any atom is 0.255 e. The molecular weight excluding hydrogens is 158 g/mol. The van der Waals surface area contributed by atoms with Gasteiger partial charge in [0.05, 0.1) is 0 Å². The minimum atomic E-state index is -0.829. The van der Waals surface area contributed by atoms with Crippen molar-refractivity contribution in [1.82, 2.24) is 0 Å². The van der Waals surface area contributed by atoms with Crippen LogP contribution in [-0.4, -0.2) is 16.8 Å². The van der Waals surface area contributed by atoms with Gasteiger partial charge in [0.25, 0.3) is 5.91 Å². The van der Waals surface area contributed by atoms with Crippen LogP contribution in [0.25, 0.3) is 0 Å². The van der Waals surface area contributed by atoms with Crippen molar-refractivity contribution in [2.24, 2.45) is 11.7 Å². The first-order valence-electron chi connectivity index (χ1n) is 3.77. The summed E-state index contributed by atoms with van der Waals surface area (Å²) in [7, 11) is 0. The highest BCUT2D eigenvalue weighted by Crippen LogP contribution is 2.24. The molecule has 0 radical (unpaired) electrons. The zero-order chi connectivity index (χ0) is 9.30. The highest BCUT2D eigenvalue weighted by Gasteiger charge is 2.28. The lowest BCUT2D eigenvalue weighted by Gasteiger charge is -2.17. The number of ketones is 1. The van der Waals surface area contributed by atoms with Crippen molar-refractivity contribution in [1.29, 1.82) is 0 Å². The third-order valence-corrected chi connectivity index (χ3v) is 1.89. The van der Waals surface area contributed by atoms with E-state index in [9.17, 15) is 14.7 Å². The van der Waals surface area contributed by atoms with E-state index in [1.807, 2.05) is 6.92 Å². The first-order chi connectivity index (χ1) is 5.52. The van der Waals surface area contributed by atoms with Gasteiger partial charge < -0.3 is 10.8 Å². The number of nitrogens with two attached hydrogens (primary N) is 1. The summed E-state index contributed by atoms with van der Waals surface area (Å²) in [5.74, 6) is -1.24. The summed E-state index contributed by atoms with van der Waals surface area (Å²) in [6.45, 7) is 1.84. The molecule has 1 aliphatic rings. The van der Waals surface area contributed by atoms with Crippen LogP contribution in [0.2, 0.25) is 0 Å². The Morgan fingerprint density at radius 1 is 1.58 bits per heavy atom. The highest BCUT2D eigenvalue weighted by atomic mass is 16.3. The van der Waals surface area contributed by atoms with Gasteiger partial charge in [0.15, 0.2) is 5.78 Å². The van der Waals surface area contributed by atoms with Crippen molar-refractivity contribution < 1.29 is 14.7 Å². The van der Waals surface area contributed by atoms with Crippen molar-refractivity contribution in [3.63, 3.8) is 0 Å². The van der Waals surface area contributed by atoms with E-state index in [2.05, 4.69) is 0 Å². The van der Waals surface area contributed by atoms with E-state index in [0.717, 1.165) is 0 Å². The van der Waals surface area contributed by atoms with Crippen LogP contribution in [0.3, 0.4) is 0 Å². The minimum absolute atomic E-state index is 0.0978. The van der Waals surface area contributed by atoms with Crippen LogP contribution in [0.1, 0.15) is 19.8 Å². The average Bonchev–Trinajstić information content (AvgIpc) is 1.82. The molecule has 0 bridgehead atoms. The van der Waals surface area contributed by atoms with Gasteiger partial charge in [-0.05, 0) is 5.92 Å². The largest absolute Gasteiger partial charge is 0.511 e. The lowest BCUT2D eigenvalue weighted by Crippen LogP contribution is -2.27. The highest BCUT2D eigenvalue weighted by molar-refractivity contribution is 6.19. The number of hydrogen-bond donors (Lipinski definition) is 2. The van der Waals surface area contributed by atoms with Gasteiger partial charge in [0, 0.05) is 12.8 Å². The Balaban J connectivity index is 3.01. The Labute approximate surface area is 70.1 Å². The van der Waals surface area contributed by atoms with Gasteiger partial charge in [0.1, 0.15) is 11.3 Å². The lowest BCUT2D eigenvalue weighted by molar-refractivity contribution is -0.122. The fraction of sp³-hybridized carbons (Fsp3) is 0.500. The van der Waals surface area contributed by atoms with Gasteiger partial charge >= 0.3 is 0 Å². The standard InChI is InChI=1S/C8H11NO3/c1-4-2-5(10)7(8(9)12)6(11)3-4/h4,10H,2-3H2,1H3,(H2,9,12). The van der Waals surface area contributed by atoms with Crippen molar-refractivity contribution in [3.05, 3.63) is 11.3 Å². The van der Waals surface area contributed by atoms with Crippen molar-refractivity contribution >= 4 is 11.7 Å². The van der Waals surface area contributed by atoms with Crippen molar-refractivity contribution in [2.75, 3.05) is 0 Å². The zero-order valence-corrected chi connectivity index (χ0v) is 6.83. The van der Waals surface area contributed by atoms with Crippen LogP contribution >= 0.6 is 0 Å². The van der Waals surface area contributed by atoms with E-state index in [1.165, 1.54) is 0 Å². The molecule has 12 heavy (non-hydrogen) atoms. The second-order valence-electron chi connectivity index (χ2n) is 3.12. The van der Waals surface area contributed by atoms with E-state index in [1.54, 1.807) is 0 Å². The monoisotopic (exact) mass is 169 g/mol. The van der Waals surface area contributed by atoms with Gasteiger partial charge in [-0.2, -0.15) is 0 Å². The fourth-order valence-corrected chi connectivity index (χ4v) is 1.36. The summed E-state index contributed by atoms with van der Waals surface area (Å²) >= 11 is 0. The van der Waals surface area contributed by atoms with Crippen molar-refractivity contribution in [3.8, 4) is 0 Å². The molecule has 3 N–H and O–H groups in total. The van der Waals surface area contributed by atoms with E-state index in [0.29, 0.717) is 12.8 Å². The smallest absolute Gasteiger partial charge is 0.255 e. The van der Waals surface area contributed by atoms with Crippen LogP contribution in [0.4, 0.5) is 0 Å². The van der Waals surface area contributed by atoms with Crippen LogP contribution in [0.15, 0.2) is 11.3 Å². The predicted octanol–water partition coefficient (Wildman–Crippen LogP) is 0.283. The number of hydrogen-bond acceptors (Lipinski definition) is 3. The molecule has 1 rings (SSSR count). The molecule has 0 saturated heterocycles. The number of rotatable bonds is 1. The second kappa shape index (κ2) is 2.97. The number of carbonyl (C=O) groups is 2. The molecule has 0 fully saturated rings. The Bertz CT molecular complexity index is 267. The molecule has 0 aliphatic heterocycles. The number of aliphatic hydroxyl groups excluding tert-OH is 1. The first-order valence-corrected chi connectivity index (χ1v) is 3.77. The number of allylic oxidation sites excluding steroid dienone is 1. The molecule has 1 atom stereocenters. The molecule has 0 spiro atoms. The molecule has 0 aromatic rings. The van der Waals surface area contributed by atoms with Gasteiger partial charge in [0.2, 0.25) is 0 Å². The molecule has 4 heteroatoms. The Morgan fingerprint density at radius 2 is 2.17 bits per heavy atom. The average molecular weight is 169 g/mol. The van der Waals surface area contributed by atoms with E-state index in [-0.39, 0.29) is 23.0 Å². The van der Waals surface area contributed by atoms with Crippen molar-refractivity contribution in [2.45, 2.75) is 19.8 Å². The number of Topliss-reactive ketones (excluding diaryl/α,β-unsaturated/α-hetero) is 1. The summed E-state index contributed by atoms with van der Waals surface area (Å²) in [6, 6.07) is 0. The van der Waals surface area contributed by atoms with Gasteiger partial charge in [-0.15, -0.1) is 0 Å². The normalized spacial score (nSPS) is 24.4. The number of primary amides is 1. The Kier molecular flexibility index (Phi) is 2.17. The molecule has 0 saturated carbocycles. The number of carbonyl (C=O) groups excluding carboxylic acids is 2. The molecule has 1 amide bonds. The van der Waals surface area contributed by atoms with Crippen LogP contribution < -0.4 is 5.73 Å². The fourth-order valence-electron chi connectivity index (χ4n) is 1.36. The van der Waals surface area contributed by atoms with Crippen LogP contribution in [-0.2, 0) is 9.59 Å². The van der Waals surface area contributed by atoms with Gasteiger partial charge in [-0.3, -0.25) is 9.59 Å². The predicted molar refractivity (Wildman–Crippen MR) is 42.3 cm³/mol. The molecule has 0 heterocycles. The van der Waals surface area contributed by atoms with Gasteiger partial charge in [-0.1, -0.05) is 6.92 Å². The molecule has 4 nitrogen and oxygen atoms in total. The van der Waals surface area contributed by atoms with E-state index in [4.69, 9.17) is 5.73 Å². The van der Waals surface area contributed by atoms with Crippen LogP contribution in [0.5, 0.6) is 0 Å². The third kappa shape index (κ3) is 1.47. The molecule has 1 aliphatic carbocycles. The molecule has 66 valence electrons. The number of aliphatic hydroxyl groups is 1. The molecule has 0 aromatic heterocycles. The molecule has 1 unspecified atom stereocenters. The van der Waals surface area contributed by atoms with E-state index >= 15 is 0 Å². The Morgan fingerprint density at radius 3 is 2.58 bits per heavy atom. The van der Waals surface area contributed by atoms with E-state index < -0.39 is 5.91 Å². The molecular formula is C8H11NO3. The van der Waals surface area contributed by atoms with Gasteiger partial charge in [-0.25, -0.2) is 0 Å². The zero-order valence-electron chi connectivity index (χ0n) is 6.83. The maximum atomic E-state index is 11.1. The summed E-state index contributed by atoms with van der Waals surface area (Å²) < 4.78 is 0. The minimum Gasteiger partial charge on any atom is -0.511 e. The quantitative estimate of drug-likeness (QED) is 0.553. The summed E-state index contributed by atoms with van der Waals surface area (Å²) in [6.07, 6.45) is 0.659. The maximum absolute atomic E-state index is 11.1. The summed E-state index contributed by atoms with van der Waals surface area (Å²) in [4.78, 5) is 21.8.